The van der Waals surface area contributed by atoms with Gasteiger partial charge in [-0.3, -0.25) is 4.79 Å². The molecule has 6 rings (SSSR count). The number of piperidine rings is 1. The van der Waals surface area contributed by atoms with Gasteiger partial charge in [-0.25, -0.2) is 22.5 Å². The van der Waals surface area contributed by atoms with Crippen LogP contribution in [0.1, 0.15) is 30.1 Å². The zero-order chi connectivity index (χ0) is 25.6. The Bertz CT molecular complexity index is 1650. The van der Waals surface area contributed by atoms with E-state index in [0.717, 1.165) is 11.6 Å². The van der Waals surface area contributed by atoms with Crippen LogP contribution in [0.5, 0.6) is 11.5 Å². The van der Waals surface area contributed by atoms with Crippen molar-refractivity contribution in [1.82, 2.24) is 29.3 Å². The first-order valence-electron chi connectivity index (χ1n) is 11.9. The number of hydrogen-bond acceptors (Lipinski definition) is 8. The molecule has 0 aliphatic carbocycles. The molecule has 2 aliphatic heterocycles. The summed E-state index contributed by atoms with van der Waals surface area (Å²) in [5.74, 6) is 0.822. The van der Waals surface area contributed by atoms with Gasteiger partial charge in [0.15, 0.2) is 22.7 Å². The summed E-state index contributed by atoms with van der Waals surface area (Å²) in [6.07, 6.45) is 0.845. The van der Waals surface area contributed by atoms with E-state index in [-0.39, 0.29) is 29.4 Å². The molecule has 11 nitrogen and oxygen atoms in total. The Morgan fingerprint density at radius 2 is 1.81 bits per heavy atom. The van der Waals surface area contributed by atoms with E-state index in [9.17, 15) is 17.6 Å². The molecule has 2 aromatic carbocycles. The molecule has 1 saturated heterocycles. The van der Waals surface area contributed by atoms with Gasteiger partial charge in [0.05, 0.1) is 6.54 Å². The van der Waals surface area contributed by atoms with Crippen LogP contribution in [0.3, 0.4) is 0 Å². The highest BCUT2D eigenvalue weighted by atomic mass is 32.2. The average Bonchev–Trinajstić information content (AvgIpc) is 3.32. The Morgan fingerprint density at radius 3 is 2.59 bits per heavy atom. The minimum Gasteiger partial charge on any atom is -0.486 e. The molecule has 13 heteroatoms. The average molecular weight is 527 g/mol. The maximum Gasteiger partial charge on any atom is 0.281 e. The van der Waals surface area contributed by atoms with Gasteiger partial charge in [-0.2, -0.15) is 4.31 Å². The second-order valence-electron chi connectivity index (χ2n) is 8.96. The summed E-state index contributed by atoms with van der Waals surface area (Å²) in [4.78, 5) is 19.9. The van der Waals surface area contributed by atoms with Crippen LogP contribution in [-0.4, -0.2) is 64.0 Å². The van der Waals surface area contributed by atoms with Crippen LogP contribution < -0.4 is 15.0 Å². The lowest BCUT2D eigenvalue weighted by molar-refractivity contribution is 0.171. The fourth-order valence-electron chi connectivity index (χ4n) is 4.70. The molecular weight excluding hydrogens is 503 g/mol. The van der Waals surface area contributed by atoms with E-state index in [2.05, 4.69) is 20.3 Å². The zero-order valence-corrected chi connectivity index (χ0v) is 20.4. The van der Waals surface area contributed by atoms with Gasteiger partial charge < -0.3 is 14.5 Å². The standard InChI is InChI=1S/C24H23FN6O5S/c25-17-3-1-2-4-20(17)37(33,34)30-9-7-16(8-10-30)22-26-23-21(24(32)27-22)28-29-31(23)14-15-5-6-18-19(13-15)36-12-11-35-18/h1-6,13,16H,7-12,14H2,(H,26,27,32). The Kier molecular flexibility index (Phi) is 5.88. The number of H-pyrrole nitrogens is 1. The normalized spacial score (nSPS) is 16.8. The van der Waals surface area contributed by atoms with Gasteiger partial charge in [-0.1, -0.05) is 23.4 Å². The molecule has 0 amide bonds. The second kappa shape index (κ2) is 9.23. The summed E-state index contributed by atoms with van der Waals surface area (Å²) in [6, 6.07) is 10.9. The Balaban J connectivity index is 1.23. The molecule has 4 heterocycles. The molecule has 1 N–H and O–H groups in total. The fourth-order valence-corrected chi connectivity index (χ4v) is 6.24. The number of rotatable bonds is 5. The molecule has 192 valence electrons. The summed E-state index contributed by atoms with van der Waals surface area (Å²) in [7, 11) is -3.96. The van der Waals surface area contributed by atoms with Crippen molar-refractivity contribution in [1.29, 1.82) is 0 Å². The van der Waals surface area contributed by atoms with Crippen LogP contribution in [0.2, 0.25) is 0 Å². The van der Waals surface area contributed by atoms with Crippen molar-refractivity contribution >= 4 is 21.2 Å². The third-order valence-corrected chi connectivity index (χ3v) is 8.56. The number of nitrogens with one attached hydrogen (secondary N) is 1. The predicted octanol–water partition coefficient (Wildman–Crippen LogP) is 2.04. The molecule has 0 radical (unpaired) electrons. The Labute approximate surface area is 210 Å². The SMILES string of the molecule is O=c1[nH]c(C2CCN(S(=O)(=O)c3ccccc3F)CC2)nc2c1nnn2Cc1ccc2c(c1)OCCO2. The number of fused-ring (bicyclic) bond motifs is 2. The van der Waals surface area contributed by atoms with Crippen LogP contribution in [0, 0.1) is 5.82 Å². The lowest BCUT2D eigenvalue weighted by Crippen LogP contribution is -2.38. The number of benzene rings is 2. The third-order valence-electron chi connectivity index (χ3n) is 6.63. The molecule has 1 fully saturated rings. The van der Waals surface area contributed by atoms with Crippen LogP contribution in [-0.2, 0) is 16.6 Å². The molecule has 0 unspecified atom stereocenters. The maximum atomic E-state index is 14.1. The van der Waals surface area contributed by atoms with Crippen molar-refractivity contribution in [3.05, 3.63) is 70.0 Å². The highest BCUT2D eigenvalue weighted by molar-refractivity contribution is 7.89. The van der Waals surface area contributed by atoms with Crippen molar-refractivity contribution < 1.29 is 22.3 Å². The van der Waals surface area contributed by atoms with Crippen molar-refractivity contribution in [2.24, 2.45) is 0 Å². The van der Waals surface area contributed by atoms with Gasteiger partial charge >= 0.3 is 0 Å². The van der Waals surface area contributed by atoms with Gasteiger partial charge in [0.25, 0.3) is 5.56 Å². The molecule has 0 bridgehead atoms. The van der Waals surface area contributed by atoms with E-state index < -0.39 is 21.4 Å². The van der Waals surface area contributed by atoms with Crippen molar-refractivity contribution in [2.45, 2.75) is 30.2 Å². The van der Waals surface area contributed by atoms with Crippen molar-refractivity contribution in [3.8, 4) is 11.5 Å². The largest absolute Gasteiger partial charge is 0.486 e. The molecule has 2 aromatic heterocycles. The summed E-state index contributed by atoms with van der Waals surface area (Å²) < 4.78 is 54.0. The van der Waals surface area contributed by atoms with E-state index in [0.29, 0.717) is 55.6 Å². The molecule has 4 aromatic rings. The Morgan fingerprint density at radius 1 is 1.05 bits per heavy atom. The van der Waals surface area contributed by atoms with Crippen molar-refractivity contribution in [2.75, 3.05) is 26.3 Å². The summed E-state index contributed by atoms with van der Waals surface area (Å²) in [5, 5.41) is 8.13. The minimum atomic E-state index is -3.96. The van der Waals surface area contributed by atoms with Gasteiger partial charge in [-0.15, -0.1) is 5.10 Å². The number of sulfonamides is 1. The smallest absolute Gasteiger partial charge is 0.281 e. The molecular formula is C24H23FN6O5S. The van der Waals surface area contributed by atoms with Crippen molar-refractivity contribution in [3.63, 3.8) is 0 Å². The topological polar surface area (TPSA) is 132 Å². The van der Waals surface area contributed by atoms with Gasteiger partial charge in [-0.05, 0) is 42.7 Å². The second-order valence-corrected chi connectivity index (χ2v) is 10.9. The van der Waals surface area contributed by atoms with E-state index in [1.165, 1.54) is 22.5 Å². The van der Waals surface area contributed by atoms with Gasteiger partial charge in [0.1, 0.15) is 29.8 Å². The summed E-state index contributed by atoms with van der Waals surface area (Å²) >= 11 is 0. The number of halogens is 1. The molecule has 0 saturated carbocycles. The van der Waals surface area contributed by atoms with E-state index in [4.69, 9.17) is 9.47 Å². The van der Waals surface area contributed by atoms with E-state index in [1.807, 2.05) is 18.2 Å². The number of aromatic amines is 1. The summed E-state index contributed by atoms with van der Waals surface area (Å²) in [6.45, 7) is 1.66. The number of ether oxygens (including phenoxy) is 2. The van der Waals surface area contributed by atoms with Gasteiger partial charge in [0.2, 0.25) is 10.0 Å². The lowest BCUT2D eigenvalue weighted by atomic mass is 9.97. The molecule has 0 atom stereocenters. The lowest BCUT2D eigenvalue weighted by Gasteiger charge is -2.30. The van der Waals surface area contributed by atoms with Crippen LogP contribution in [0.4, 0.5) is 4.39 Å². The first-order chi connectivity index (χ1) is 17.9. The number of aromatic nitrogens is 5. The van der Waals surface area contributed by atoms with E-state index >= 15 is 0 Å². The molecule has 0 spiro atoms. The van der Waals surface area contributed by atoms with Crippen LogP contribution in [0.15, 0.2) is 52.2 Å². The zero-order valence-electron chi connectivity index (χ0n) is 19.6. The van der Waals surface area contributed by atoms with Crippen LogP contribution >= 0.6 is 0 Å². The highest BCUT2D eigenvalue weighted by Gasteiger charge is 2.32. The number of hydrogen-bond donors (Lipinski definition) is 1. The maximum absolute atomic E-state index is 14.1. The predicted molar refractivity (Wildman–Crippen MR) is 130 cm³/mol. The monoisotopic (exact) mass is 526 g/mol. The summed E-state index contributed by atoms with van der Waals surface area (Å²) in [5.41, 5.74) is 0.942. The van der Waals surface area contributed by atoms with E-state index in [1.54, 1.807) is 4.68 Å². The Hall–Kier alpha value is -3.84. The molecule has 37 heavy (non-hydrogen) atoms. The third kappa shape index (κ3) is 4.33. The highest BCUT2D eigenvalue weighted by Crippen LogP contribution is 2.32. The van der Waals surface area contributed by atoms with Gasteiger partial charge in [0, 0.05) is 19.0 Å². The first kappa shape index (κ1) is 23.6. The quantitative estimate of drug-likeness (QED) is 0.418. The fraction of sp³-hybridized carbons (Fsp3) is 0.333. The van der Waals surface area contributed by atoms with Crippen LogP contribution in [0.25, 0.3) is 11.2 Å². The molecule has 2 aliphatic rings. The first-order valence-corrected chi connectivity index (χ1v) is 13.3. The number of nitrogens with zero attached hydrogens (tertiary/aromatic N) is 5. The minimum absolute atomic E-state index is 0.126.